The van der Waals surface area contributed by atoms with Gasteiger partial charge in [-0.2, -0.15) is 0 Å². The molecule has 0 aliphatic heterocycles. The molecule has 0 fully saturated rings. The van der Waals surface area contributed by atoms with Crippen LogP contribution >= 0.6 is 0 Å². The van der Waals surface area contributed by atoms with Gasteiger partial charge in [-0.05, 0) is 44.9 Å². The molecule has 1 amide bonds. The second-order valence-corrected chi connectivity index (χ2v) is 5.18. The Morgan fingerprint density at radius 3 is 2.21 bits per heavy atom. The number of ether oxygens (including phenoxy) is 3. The van der Waals surface area contributed by atoms with E-state index in [0.29, 0.717) is 30.3 Å². The standard InChI is InChI=1S/C18H27NO5/c1-5-14(6-2)19-17(20)12-24-18(21)13-9-10-15(22-7-3)16(11-13)23-8-4/h9-11,14H,5-8,12H2,1-4H3,(H,19,20). The van der Waals surface area contributed by atoms with Crippen LogP contribution in [-0.2, 0) is 9.53 Å². The molecule has 0 unspecified atom stereocenters. The molecule has 1 aromatic rings. The minimum Gasteiger partial charge on any atom is -0.490 e. The van der Waals surface area contributed by atoms with Crippen LogP contribution in [0.15, 0.2) is 18.2 Å². The van der Waals surface area contributed by atoms with Crippen molar-refractivity contribution in [2.75, 3.05) is 19.8 Å². The van der Waals surface area contributed by atoms with E-state index in [2.05, 4.69) is 5.32 Å². The molecule has 0 saturated heterocycles. The summed E-state index contributed by atoms with van der Waals surface area (Å²) in [5.74, 6) is 0.185. The molecule has 0 radical (unpaired) electrons. The molecule has 0 saturated carbocycles. The smallest absolute Gasteiger partial charge is 0.338 e. The van der Waals surface area contributed by atoms with E-state index >= 15 is 0 Å². The molecule has 0 aliphatic carbocycles. The summed E-state index contributed by atoms with van der Waals surface area (Å²) in [6.07, 6.45) is 1.68. The van der Waals surface area contributed by atoms with Crippen molar-refractivity contribution in [1.29, 1.82) is 0 Å². The third kappa shape index (κ3) is 6.10. The molecule has 24 heavy (non-hydrogen) atoms. The van der Waals surface area contributed by atoms with Crippen LogP contribution in [0.3, 0.4) is 0 Å². The Kier molecular flexibility index (Phi) is 8.68. The van der Waals surface area contributed by atoms with E-state index in [1.165, 1.54) is 0 Å². The number of carbonyl (C=O) groups excluding carboxylic acids is 2. The fourth-order valence-corrected chi connectivity index (χ4v) is 2.15. The Bertz CT molecular complexity index is 540. The van der Waals surface area contributed by atoms with Gasteiger partial charge in [0.2, 0.25) is 0 Å². The van der Waals surface area contributed by atoms with Crippen molar-refractivity contribution in [2.45, 2.75) is 46.6 Å². The highest BCUT2D eigenvalue weighted by molar-refractivity contribution is 5.92. The van der Waals surface area contributed by atoms with Gasteiger partial charge in [-0.1, -0.05) is 13.8 Å². The van der Waals surface area contributed by atoms with Crippen molar-refractivity contribution in [1.82, 2.24) is 5.32 Å². The van der Waals surface area contributed by atoms with Crippen molar-refractivity contribution in [3.63, 3.8) is 0 Å². The first-order chi connectivity index (χ1) is 11.5. The average molecular weight is 337 g/mol. The van der Waals surface area contributed by atoms with Gasteiger partial charge in [0.05, 0.1) is 18.8 Å². The maximum Gasteiger partial charge on any atom is 0.338 e. The summed E-state index contributed by atoms with van der Waals surface area (Å²) in [5, 5.41) is 2.82. The van der Waals surface area contributed by atoms with E-state index < -0.39 is 5.97 Å². The van der Waals surface area contributed by atoms with E-state index in [1.807, 2.05) is 27.7 Å². The fraction of sp³-hybridized carbons (Fsp3) is 0.556. The second-order valence-electron chi connectivity index (χ2n) is 5.18. The number of hydrogen-bond acceptors (Lipinski definition) is 5. The van der Waals surface area contributed by atoms with Crippen LogP contribution < -0.4 is 14.8 Å². The molecule has 0 aromatic heterocycles. The maximum absolute atomic E-state index is 12.1. The Hall–Kier alpha value is -2.24. The molecule has 0 atom stereocenters. The van der Waals surface area contributed by atoms with Gasteiger partial charge in [0, 0.05) is 6.04 Å². The lowest BCUT2D eigenvalue weighted by Gasteiger charge is -2.15. The average Bonchev–Trinajstić information content (AvgIpc) is 2.59. The highest BCUT2D eigenvalue weighted by atomic mass is 16.5. The van der Waals surface area contributed by atoms with E-state index in [4.69, 9.17) is 14.2 Å². The van der Waals surface area contributed by atoms with E-state index in [9.17, 15) is 9.59 Å². The number of carbonyl (C=O) groups is 2. The zero-order valence-corrected chi connectivity index (χ0v) is 14.9. The number of hydrogen-bond donors (Lipinski definition) is 1. The zero-order chi connectivity index (χ0) is 17.9. The van der Waals surface area contributed by atoms with Gasteiger partial charge in [0.25, 0.3) is 5.91 Å². The molecule has 1 N–H and O–H groups in total. The summed E-state index contributed by atoms with van der Waals surface area (Å²) >= 11 is 0. The lowest BCUT2D eigenvalue weighted by molar-refractivity contribution is -0.125. The summed E-state index contributed by atoms with van der Waals surface area (Å²) in [7, 11) is 0. The Morgan fingerprint density at radius 1 is 1.00 bits per heavy atom. The fourth-order valence-electron chi connectivity index (χ4n) is 2.15. The molecule has 0 aliphatic rings. The molecule has 134 valence electrons. The normalized spacial score (nSPS) is 10.4. The van der Waals surface area contributed by atoms with Crippen LogP contribution in [0.25, 0.3) is 0 Å². The van der Waals surface area contributed by atoms with Crippen molar-refractivity contribution in [3.05, 3.63) is 23.8 Å². The Labute approximate surface area is 143 Å². The van der Waals surface area contributed by atoms with E-state index in [-0.39, 0.29) is 18.6 Å². The lowest BCUT2D eigenvalue weighted by Crippen LogP contribution is -2.36. The number of benzene rings is 1. The summed E-state index contributed by atoms with van der Waals surface area (Å²) in [5.41, 5.74) is 0.317. The minimum atomic E-state index is -0.571. The number of nitrogens with one attached hydrogen (secondary N) is 1. The van der Waals surface area contributed by atoms with Gasteiger partial charge >= 0.3 is 5.97 Å². The van der Waals surface area contributed by atoms with Crippen LogP contribution in [0.2, 0.25) is 0 Å². The third-order valence-corrected chi connectivity index (χ3v) is 3.46. The van der Waals surface area contributed by atoms with E-state index in [0.717, 1.165) is 12.8 Å². The predicted molar refractivity (Wildman–Crippen MR) is 91.6 cm³/mol. The molecule has 1 rings (SSSR count). The zero-order valence-electron chi connectivity index (χ0n) is 14.9. The van der Waals surface area contributed by atoms with E-state index in [1.54, 1.807) is 18.2 Å². The van der Waals surface area contributed by atoms with Crippen molar-refractivity contribution < 1.29 is 23.8 Å². The second kappa shape index (κ2) is 10.5. The topological polar surface area (TPSA) is 73.9 Å². The molecule has 6 heteroatoms. The molecule has 1 aromatic carbocycles. The van der Waals surface area contributed by atoms with Gasteiger partial charge in [-0.15, -0.1) is 0 Å². The quantitative estimate of drug-likeness (QED) is 0.665. The highest BCUT2D eigenvalue weighted by Crippen LogP contribution is 2.28. The summed E-state index contributed by atoms with van der Waals surface area (Å²) in [4.78, 5) is 23.9. The largest absolute Gasteiger partial charge is 0.490 e. The summed E-state index contributed by atoms with van der Waals surface area (Å²) in [6.45, 7) is 8.37. The van der Waals surface area contributed by atoms with Crippen LogP contribution in [0.1, 0.15) is 50.9 Å². The Morgan fingerprint density at radius 2 is 1.62 bits per heavy atom. The van der Waals surface area contributed by atoms with Crippen molar-refractivity contribution in [3.8, 4) is 11.5 Å². The van der Waals surface area contributed by atoms with Crippen LogP contribution in [0.4, 0.5) is 0 Å². The minimum absolute atomic E-state index is 0.103. The molecular weight excluding hydrogens is 310 g/mol. The van der Waals surface area contributed by atoms with Crippen LogP contribution in [0, 0.1) is 0 Å². The molecular formula is C18H27NO5. The van der Waals surface area contributed by atoms with Crippen molar-refractivity contribution in [2.24, 2.45) is 0 Å². The number of rotatable bonds is 10. The van der Waals surface area contributed by atoms with Gasteiger partial charge in [0.15, 0.2) is 18.1 Å². The first-order valence-corrected chi connectivity index (χ1v) is 8.41. The van der Waals surface area contributed by atoms with Gasteiger partial charge in [0.1, 0.15) is 0 Å². The summed E-state index contributed by atoms with van der Waals surface area (Å²) < 4.78 is 16.0. The summed E-state index contributed by atoms with van der Waals surface area (Å²) in [6, 6.07) is 4.92. The molecule has 0 bridgehead atoms. The van der Waals surface area contributed by atoms with Gasteiger partial charge in [-0.3, -0.25) is 4.79 Å². The first-order valence-electron chi connectivity index (χ1n) is 8.41. The number of amides is 1. The molecule has 6 nitrogen and oxygen atoms in total. The highest BCUT2D eigenvalue weighted by Gasteiger charge is 2.15. The van der Waals surface area contributed by atoms with Crippen molar-refractivity contribution >= 4 is 11.9 Å². The third-order valence-electron chi connectivity index (χ3n) is 3.46. The lowest BCUT2D eigenvalue weighted by atomic mass is 10.2. The predicted octanol–water partition coefficient (Wildman–Crippen LogP) is 2.95. The number of esters is 1. The van der Waals surface area contributed by atoms with Gasteiger partial charge in [-0.25, -0.2) is 4.79 Å². The molecule has 0 spiro atoms. The van der Waals surface area contributed by atoms with Crippen LogP contribution in [0.5, 0.6) is 11.5 Å². The first kappa shape index (κ1) is 19.8. The Balaban J connectivity index is 2.67. The monoisotopic (exact) mass is 337 g/mol. The van der Waals surface area contributed by atoms with Crippen LogP contribution in [-0.4, -0.2) is 37.7 Å². The van der Waals surface area contributed by atoms with Gasteiger partial charge < -0.3 is 19.5 Å². The molecule has 0 heterocycles. The SMILES string of the molecule is CCOc1ccc(C(=O)OCC(=O)NC(CC)CC)cc1OCC. The maximum atomic E-state index is 12.1.